The minimum atomic E-state index is 0. The van der Waals surface area contributed by atoms with Crippen molar-refractivity contribution in [3.8, 4) is 11.4 Å². The van der Waals surface area contributed by atoms with Gasteiger partial charge in [-0.25, -0.2) is 0 Å². The van der Waals surface area contributed by atoms with Crippen LogP contribution in [-0.4, -0.2) is 42.9 Å². The summed E-state index contributed by atoms with van der Waals surface area (Å²) in [7, 11) is 1.72. The van der Waals surface area contributed by atoms with Crippen molar-refractivity contribution in [1.82, 2.24) is 20.8 Å². The third-order valence-electron chi connectivity index (χ3n) is 3.39. The fourth-order valence-corrected chi connectivity index (χ4v) is 2.34. The molecule has 1 heterocycles. The van der Waals surface area contributed by atoms with E-state index in [9.17, 15) is 0 Å². The van der Waals surface area contributed by atoms with Crippen molar-refractivity contribution in [2.45, 2.75) is 26.8 Å². The van der Waals surface area contributed by atoms with Crippen molar-refractivity contribution in [2.75, 3.05) is 26.8 Å². The van der Waals surface area contributed by atoms with E-state index < -0.39 is 0 Å². The second-order valence-electron chi connectivity index (χ2n) is 6.20. The van der Waals surface area contributed by atoms with Crippen LogP contribution in [0.5, 0.6) is 0 Å². The van der Waals surface area contributed by atoms with Crippen molar-refractivity contribution < 1.29 is 9.26 Å². The van der Waals surface area contributed by atoms with E-state index in [1.165, 1.54) is 0 Å². The number of nitrogens with one attached hydrogen (secondary N) is 2. The topological polar surface area (TPSA) is 84.6 Å². The van der Waals surface area contributed by atoms with Crippen molar-refractivity contribution in [1.29, 1.82) is 0 Å². The molecule has 2 rings (SSSR count). The van der Waals surface area contributed by atoms with Gasteiger partial charge in [0.15, 0.2) is 5.96 Å². The van der Waals surface area contributed by atoms with Crippen LogP contribution in [0.4, 0.5) is 0 Å². The van der Waals surface area contributed by atoms with Gasteiger partial charge in [-0.15, -0.1) is 24.0 Å². The third-order valence-corrected chi connectivity index (χ3v) is 3.63. The summed E-state index contributed by atoms with van der Waals surface area (Å²) in [6.45, 7) is 6.96. The maximum atomic E-state index is 5.99. The van der Waals surface area contributed by atoms with Gasteiger partial charge in [0, 0.05) is 37.4 Å². The molecule has 0 bridgehead atoms. The van der Waals surface area contributed by atoms with Crippen LogP contribution < -0.4 is 10.6 Å². The number of benzene rings is 1. The molecule has 0 amide bonds. The highest BCUT2D eigenvalue weighted by Gasteiger charge is 2.09. The van der Waals surface area contributed by atoms with Crippen LogP contribution in [0, 0.1) is 5.92 Å². The summed E-state index contributed by atoms with van der Waals surface area (Å²) < 4.78 is 10.8. The Morgan fingerprint density at radius 1 is 1.33 bits per heavy atom. The molecule has 0 fully saturated rings. The van der Waals surface area contributed by atoms with Crippen molar-refractivity contribution >= 4 is 41.5 Å². The summed E-state index contributed by atoms with van der Waals surface area (Å²) in [5.74, 6) is 2.22. The average molecular weight is 508 g/mol. The van der Waals surface area contributed by atoms with Gasteiger partial charge in [0.2, 0.25) is 11.7 Å². The van der Waals surface area contributed by atoms with E-state index >= 15 is 0 Å². The maximum absolute atomic E-state index is 5.99. The van der Waals surface area contributed by atoms with Crippen LogP contribution in [-0.2, 0) is 11.3 Å². The Bertz CT molecular complexity index is 709. The van der Waals surface area contributed by atoms with Crippen molar-refractivity contribution in [3.05, 3.63) is 35.2 Å². The highest BCUT2D eigenvalue weighted by Crippen LogP contribution is 2.19. The number of ether oxygens (including phenoxy) is 1. The quantitative estimate of drug-likeness (QED) is 0.233. The van der Waals surface area contributed by atoms with Gasteiger partial charge in [0.25, 0.3) is 0 Å². The van der Waals surface area contributed by atoms with Crippen LogP contribution in [0.2, 0.25) is 5.02 Å². The number of aromatic nitrogens is 2. The number of guanidine groups is 1. The molecule has 0 saturated carbocycles. The molecule has 0 radical (unpaired) electrons. The Labute approximate surface area is 182 Å². The standard InChI is InChI=1S/C18H26ClN5O2.HI/c1-13(2)12-25-9-5-8-21-18(20-3)22-11-16-23-17(24-26-16)14-6-4-7-15(19)10-14;/h4,6-7,10,13H,5,8-9,11-12H2,1-3H3,(H2,20,21,22);1H. The molecule has 2 aromatic rings. The predicted molar refractivity (Wildman–Crippen MR) is 119 cm³/mol. The van der Waals surface area contributed by atoms with Gasteiger partial charge in [-0.3, -0.25) is 4.99 Å². The Kier molecular flexibility index (Phi) is 11.3. The molecule has 0 aliphatic rings. The molecule has 1 aromatic carbocycles. The van der Waals surface area contributed by atoms with E-state index in [4.69, 9.17) is 20.9 Å². The van der Waals surface area contributed by atoms with Gasteiger partial charge in [-0.1, -0.05) is 42.7 Å². The molecule has 0 spiro atoms. The van der Waals surface area contributed by atoms with Crippen LogP contribution in [0.25, 0.3) is 11.4 Å². The lowest BCUT2D eigenvalue weighted by atomic mass is 10.2. The molecule has 0 saturated heterocycles. The van der Waals surface area contributed by atoms with Crippen molar-refractivity contribution in [3.63, 3.8) is 0 Å². The largest absolute Gasteiger partial charge is 0.381 e. The number of hydrogen-bond donors (Lipinski definition) is 2. The molecule has 0 atom stereocenters. The zero-order chi connectivity index (χ0) is 18.8. The number of aliphatic imine (C=N–C) groups is 1. The van der Waals surface area contributed by atoms with Crippen LogP contribution in [0.3, 0.4) is 0 Å². The van der Waals surface area contributed by atoms with Gasteiger partial charge < -0.3 is 19.9 Å². The Hall–Kier alpha value is -1.39. The highest BCUT2D eigenvalue weighted by molar-refractivity contribution is 14.0. The number of hydrogen-bond acceptors (Lipinski definition) is 5. The molecule has 9 heteroatoms. The van der Waals surface area contributed by atoms with E-state index in [1.54, 1.807) is 19.2 Å². The normalized spacial score (nSPS) is 11.4. The molecule has 2 N–H and O–H groups in total. The second kappa shape index (κ2) is 12.9. The Morgan fingerprint density at radius 2 is 2.15 bits per heavy atom. The van der Waals surface area contributed by atoms with E-state index in [2.05, 4.69) is 39.6 Å². The first-order chi connectivity index (χ1) is 12.6. The minimum Gasteiger partial charge on any atom is -0.381 e. The van der Waals surface area contributed by atoms with Gasteiger partial charge >= 0.3 is 0 Å². The van der Waals surface area contributed by atoms with Gasteiger partial charge in [-0.05, 0) is 24.5 Å². The predicted octanol–water partition coefficient (Wildman–Crippen LogP) is 3.74. The Morgan fingerprint density at radius 3 is 2.85 bits per heavy atom. The second-order valence-corrected chi connectivity index (χ2v) is 6.63. The lowest BCUT2D eigenvalue weighted by Gasteiger charge is -2.11. The molecular formula is C18H27ClIN5O2. The molecular weight excluding hydrogens is 481 g/mol. The monoisotopic (exact) mass is 507 g/mol. The van der Waals surface area contributed by atoms with Gasteiger partial charge in [0.05, 0.1) is 6.54 Å². The lowest BCUT2D eigenvalue weighted by molar-refractivity contribution is 0.108. The average Bonchev–Trinajstić information content (AvgIpc) is 3.09. The molecule has 0 aliphatic carbocycles. The highest BCUT2D eigenvalue weighted by atomic mass is 127. The number of nitrogens with zero attached hydrogens (tertiary/aromatic N) is 3. The van der Waals surface area contributed by atoms with Crippen LogP contribution >= 0.6 is 35.6 Å². The summed E-state index contributed by atoms with van der Waals surface area (Å²) in [5, 5.41) is 11.0. The maximum Gasteiger partial charge on any atom is 0.246 e. The van der Waals surface area contributed by atoms with Crippen LogP contribution in [0.1, 0.15) is 26.2 Å². The summed E-state index contributed by atoms with van der Waals surface area (Å²) in [5.41, 5.74) is 0.816. The van der Waals surface area contributed by atoms with Crippen molar-refractivity contribution in [2.24, 2.45) is 10.9 Å². The molecule has 150 valence electrons. The lowest BCUT2D eigenvalue weighted by Crippen LogP contribution is -2.37. The molecule has 1 aromatic heterocycles. The van der Waals surface area contributed by atoms with E-state index in [1.807, 2.05) is 12.1 Å². The first-order valence-corrected chi connectivity index (χ1v) is 9.07. The summed E-state index contributed by atoms with van der Waals surface area (Å²) in [6.07, 6.45) is 0.910. The van der Waals surface area contributed by atoms with E-state index in [-0.39, 0.29) is 24.0 Å². The molecule has 27 heavy (non-hydrogen) atoms. The zero-order valence-corrected chi connectivity index (χ0v) is 19.0. The first kappa shape index (κ1) is 23.6. The fourth-order valence-electron chi connectivity index (χ4n) is 2.15. The molecule has 7 nitrogen and oxygen atoms in total. The Balaban J connectivity index is 0.00000364. The summed E-state index contributed by atoms with van der Waals surface area (Å²) in [6, 6.07) is 7.33. The van der Waals surface area contributed by atoms with Gasteiger partial charge in [-0.2, -0.15) is 4.98 Å². The zero-order valence-electron chi connectivity index (χ0n) is 15.9. The smallest absolute Gasteiger partial charge is 0.246 e. The van der Waals surface area contributed by atoms with E-state index in [0.29, 0.717) is 35.2 Å². The fraction of sp³-hybridized carbons (Fsp3) is 0.500. The van der Waals surface area contributed by atoms with Crippen LogP contribution in [0.15, 0.2) is 33.8 Å². The molecule has 0 unspecified atom stereocenters. The van der Waals surface area contributed by atoms with Gasteiger partial charge in [0.1, 0.15) is 0 Å². The SMILES string of the molecule is CN=C(NCCCOCC(C)C)NCc1nc(-c2cccc(Cl)c2)no1.I. The summed E-state index contributed by atoms with van der Waals surface area (Å²) >= 11 is 5.99. The number of rotatable bonds is 9. The minimum absolute atomic E-state index is 0. The number of halogens is 2. The summed E-state index contributed by atoms with van der Waals surface area (Å²) in [4.78, 5) is 8.54. The van der Waals surface area contributed by atoms with E-state index in [0.717, 1.165) is 31.7 Å². The first-order valence-electron chi connectivity index (χ1n) is 8.69. The molecule has 0 aliphatic heterocycles. The third kappa shape index (κ3) is 8.89.